The molecular weight excluding hydrogens is 156 g/mol. The summed E-state index contributed by atoms with van der Waals surface area (Å²) in [6, 6.07) is 0. The molecule has 0 saturated carbocycles. The van der Waals surface area contributed by atoms with Gasteiger partial charge in [0, 0.05) is 0 Å². The van der Waals surface area contributed by atoms with Crippen LogP contribution in [0.2, 0.25) is 0 Å². The third-order valence-corrected chi connectivity index (χ3v) is 1.87. The molecule has 13 heavy (non-hydrogen) atoms. The van der Waals surface area contributed by atoms with Gasteiger partial charge in [-0.15, -0.1) is 0 Å². The molecule has 69 valence electrons. The Morgan fingerprint density at radius 2 is 1.31 bits per heavy atom. The van der Waals surface area contributed by atoms with Gasteiger partial charge in [-0.3, -0.25) is 0 Å². The lowest BCUT2D eigenvalue weighted by molar-refractivity contribution is 1.04. The first-order chi connectivity index (χ1) is 6.50. The lowest BCUT2D eigenvalue weighted by atomic mass is 10.2. The molecule has 0 nitrogen and oxygen atoms in total. The monoisotopic (exact) mass is 173 g/mol. The topological polar surface area (TPSA) is 0 Å². The lowest BCUT2D eigenvalue weighted by Crippen LogP contribution is -1.67. The van der Waals surface area contributed by atoms with Crippen LogP contribution in [-0.4, -0.2) is 0 Å². The van der Waals surface area contributed by atoms with Crippen molar-refractivity contribution in [2.24, 2.45) is 0 Å². The van der Waals surface area contributed by atoms with E-state index in [1.165, 1.54) is 0 Å². The predicted octanol–water partition coefficient (Wildman–Crippen LogP) is 3.99. The quantitative estimate of drug-likeness (QED) is 0.486. The zero-order chi connectivity index (χ0) is 9.19. The minimum atomic E-state index is 1.04. The summed E-state index contributed by atoms with van der Waals surface area (Å²) in [5.74, 6) is 0. The van der Waals surface area contributed by atoms with Gasteiger partial charge in [0.25, 0.3) is 0 Å². The van der Waals surface area contributed by atoms with E-state index in [0.717, 1.165) is 25.7 Å². The molecule has 1 radical (unpaired) electrons. The van der Waals surface area contributed by atoms with Crippen LogP contribution in [0.15, 0.2) is 48.6 Å². The van der Waals surface area contributed by atoms with Gasteiger partial charge in [-0.25, -0.2) is 0 Å². The van der Waals surface area contributed by atoms with E-state index in [1.54, 1.807) is 0 Å². The second kappa shape index (κ2) is 7.60. The van der Waals surface area contributed by atoms with Crippen LogP contribution in [0.1, 0.15) is 25.7 Å². The largest absolute Gasteiger partial charge is 0.0879 e. The van der Waals surface area contributed by atoms with Crippen molar-refractivity contribution in [3.8, 4) is 0 Å². The molecule has 0 bridgehead atoms. The number of hydrogen-bond donors (Lipinski definition) is 0. The fourth-order valence-corrected chi connectivity index (χ4v) is 1.15. The maximum atomic E-state index is 2.25. The molecule has 0 spiro atoms. The van der Waals surface area contributed by atoms with Gasteiger partial charge in [0.1, 0.15) is 0 Å². The normalized spacial score (nSPS) is 19.1. The van der Waals surface area contributed by atoms with Crippen LogP contribution in [0.25, 0.3) is 0 Å². The maximum absolute atomic E-state index is 2.25. The molecule has 0 aromatic rings. The summed E-state index contributed by atoms with van der Waals surface area (Å²) in [6.45, 7) is 0. The van der Waals surface area contributed by atoms with Crippen molar-refractivity contribution in [1.29, 1.82) is 0 Å². The maximum Gasteiger partial charge on any atom is -0.0133 e. The average molecular weight is 173 g/mol. The molecule has 0 fully saturated rings. The van der Waals surface area contributed by atoms with Crippen molar-refractivity contribution >= 4 is 0 Å². The number of allylic oxidation sites excluding steroid dienone is 8. The molecule has 0 aromatic carbocycles. The van der Waals surface area contributed by atoms with Gasteiger partial charge in [0.05, 0.1) is 0 Å². The molecule has 0 amide bonds. The van der Waals surface area contributed by atoms with Crippen LogP contribution >= 0.6 is 0 Å². The second-order valence-electron chi connectivity index (χ2n) is 3.04. The minimum Gasteiger partial charge on any atom is -0.0879 e. The Morgan fingerprint density at radius 3 is 2.23 bits per heavy atom. The highest BCUT2D eigenvalue weighted by Crippen LogP contribution is 1.99. The fraction of sp³-hybridized carbons (Fsp3) is 0.308. The summed E-state index contributed by atoms with van der Waals surface area (Å²) in [7, 11) is 0. The molecule has 0 N–H and O–H groups in total. The predicted molar refractivity (Wildman–Crippen MR) is 59.3 cm³/mol. The molecule has 0 saturated heterocycles. The second-order valence-corrected chi connectivity index (χ2v) is 3.04. The molecule has 1 aliphatic carbocycles. The molecule has 0 atom stereocenters. The van der Waals surface area contributed by atoms with Gasteiger partial charge in [-0.05, 0) is 32.1 Å². The minimum absolute atomic E-state index is 1.04. The number of hydrogen-bond acceptors (Lipinski definition) is 0. The van der Waals surface area contributed by atoms with Crippen molar-refractivity contribution in [1.82, 2.24) is 0 Å². The van der Waals surface area contributed by atoms with Crippen LogP contribution in [-0.2, 0) is 0 Å². The van der Waals surface area contributed by atoms with Gasteiger partial charge in [-0.1, -0.05) is 48.6 Å². The van der Waals surface area contributed by atoms with Crippen LogP contribution in [0, 0.1) is 6.42 Å². The van der Waals surface area contributed by atoms with Crippen LogP contribution in [0.4, 0.5) is 0 Å². The first-order valence-corrected chi connectivity index (χ1v) is 4.95. The number of rotatable bonds is 0. The smallest absolute Gasteiger partial charge is 0.0133 e. The van der Waals surface area contributed by atoms with Gasteiger partial charge in [0.15, 0.2) is 0 Å². The molecule has 0 heteroatoms. The Bertz CT molecular complexity index is 216. The summed E-state index contributed by atoms with van der Waals surface area (Å²) >= 11 is 0. The van der Waals surface area contributed by atoms with E-state index in [9.17, 15) is 0 Å². The Labute approximate surface area is 81.4 Å². The molecule has 0 unspecified atom stereocenters. The van der Waals surface area contributed by atoms with Gasteiger partial charge >= 0.3 is 0 Å². The highest BCUT2D eigenvalue weighted by molar-refractivity contribution is 5.08. The Balaban J connectivity index is 2.38. The SMILES string of the molecule is [CH]1C=CCCC=CCC=CC=CC1. The third-order valence-electron chi connectivity index (χ3n) is 1.87. The van der Waals surface area contributed by atoms with E-state index < -0.39 is 0 Å². The fourth-order valence-electron chi connectivity index (χ4n) is 1.15. The lowest BCUT2D eigenvalue weighted by Gasteiger charge is -1.86. The average Bonchev–Trinajstić information content (AvgIpc) is 2.18. The van der Waals surface area contributed by atoms with Crippen LogP contribution in [0.3, 0.4) is 0 Å². The summed E-state index contributed by atoms with van der Waals surface area (Å²) in [4.78, 5) is 0. The third kappa shape index (κ3) is 6.15. The van der Waals surface area contributed by atoms with Gasteiger partial charge in [0.2, 0.25) is 0 Å². The van der Waals surface area contributed by atoms with E-state index >= 15 is 0 Å². The van der Waals surface area contributed by atoms with E-state index in [0.29, 0.717) is 0 Å². The van der Waals surface area contributed by atoms with E-state index in [2.05, 4.69) is 55.0 Å². The molecule has 0 heterocycles. The first-order valence-electron chi connectivity index (χ1n) is 4.95. The zero-order valence-corrected chi connectivity index (χ0v) is 8.02. The van der Waals surface area contributed by atoms with Crippen molar-refractivity contribution < 1.29 is 0 Å². The van der Waals surface area contributed by atoms with Gasteiger partial charge in [-0.2, -0.15) is 0 Å². The standard InChI is InChI=1S/C13H17/c1-2-4-6-8-10-12-13-11-9-7-5-3-1/h1-4,7-11H,5-6,12-13H2. The van der Waals surface area contributed by atoms with Crippen molar-refractivity contribution in [3.05, 3.63) is 55.0 Å². The van der Waals surface area contributed by atoms with Crippen molar-refractivity contribution in [2.45, 2.75) is 25.7 Å². The Hall–Kier alpha value is -1.04. The van der Waals surface area contributed by atoms with Crippen LogP contribution in [0.5, 0.6) is 0 Å². The zero-order valence-electron chi connectivity index (χ0n) is 8.02. The molecule has 0 aliphatic heterocycles. The summed E-state index contributed by atoms with van der Waals surface area (Å²) in [5, 5.41) is 0. The summed E-state index contributed by atoms with van der Waals surface area (Å²) in [5.41, 5.74) is 0. The summed E-state index contributed by atoms with van der Waals surface area (Å²) in [6.07, 6.45) is 24.0. The van der Waals surface area contributed by atoms with E-state index in [1.807, 2.05) is 0 Å². The Kier molecular flexibility index (Phi) is 5.87. The molecular formula is C13H17. The summed E-state index contributed by atoms with van der Waals surface area (Å²) < 4.78 is 0. The van der Waals surface area contributed by atoms with Crippen molar-refractivity contribution in [3.63, 3.8) is 0 Å². The molecule has 1 aliphatic rings. The van der Waals surface area contributed by atoms with E-state index in [-0.39, 0.29) is 0 Å². The van der Waals surface area contributed by atoms with E-state index in [4.69, 9.17) is 0 Å². The van der Waals surface area contributed by atoms with Crippen molar-refractivity contribution in [2.75, 3.05) is 0 Å². The van der Waals surface area contributed by atoms with Crippen LogP contribution < -0.4 is 0 Å². The molecule has 1 rings (SSSR count). The molecule has 0 aromatic heterocycles. The van der Waals surface area contributed by atoms with Gasteiger partial charge < -0.3 is 0 Å². The first kappa shape index (κ1) is 10.0. The highest BCUT2D eigenvalue weighted by Gasteiger charge is 1.80. The highest BCUT2D eigenvalue weighted by atomic mass is 13.9. The Morgan fingerprint density at radius 1 is 0.538 bits per heavy atom.